The quantitative estimate of drug-likeness (QED) is 0.871. The minimum Gasteiger partial charge on any atom is -0.487 e. The second-order valence-electron chi connectivity index (χ2n) is 5.05. The lowest BCUT2D eigenvalue weighted by Crippen LogP contribution is -2.25. The Kier molecular flexibility index (Phi) is 3.40. The molecule has 0 aliphatic carbocycles. The zero-order valence-corrected chi connectivity index (χ0v) is 10.8. The minimum atomic E-state index is -0.121. The maximum atomic E-state index is 6.02. The first-order valence-electron chi connectivity index (χ1n) is 6.20. The molecule has 1 aliphatic rings. The van der Waals surface area contributed by atoms with Crippen LogP contribution in [0.15, 0.2) is 18.2 Å². The minimum absolute atomic E-state index is 0.0659. The van der Waals surface area contributed by atoms with Crippen LogP contribution < -0.4 is 10.5 Å². The topological polar surface area (TPSA) is 44.5 Å². The summed E-state index contributed by atoms with van der Waals surface area (Å²) in [7, 11) is 0. The third kappa shape index (κ3) is 2.45. The van der Waals surface area contributed by atoms with Crippen molar-refractivity contribution >= 4 is 0 Å². The van der Waals surface area contributed by atoms with Gasteiger partial charge in [-0.2, -0.15) is 0 Å². The number of para-hydroxylation sites is 1. The maximum absolute atomic E-state index is 6.02. The fourth-order valence-corrected chi connectivity index (χ4v) is 2.38. The Hall–Kier alpha value is -1.06. The number of nitrogens with two attached hydrogens (primary N) is 1. The van der Waals surface area contributed by atoms with Gasteiger partial charge in [-0.3, -0.25) is 0 Å². The molecule has 3 heteroatoms. The predicted molar refractivity (Wildman–Crippen MR) is 68.3 cm³/mol. The van der Waals surface area contributed by atoms with Crippen LogP contribution in [0.1, 0.15) is 38.0 Å². The summed E-state index contributed by atoms with van der Waals surface area (Å²) in [6.45, 7) is 7.34. The molecule has 17 heavy (non-hydrogen) atoms. The number of ether oxygens (including phenoxy) is 2. The number of fused-ring (bicyclic) bond motifs is 1. The zero-order valence-electron chi connectivity index (χ0n) is 10.8. The van der Waals surface area contributed by atoms with Crippen LogP contribution in [0.2, 0.25) is 0 Å². The summed E-state index contributed by atoms with van der Waals surface area (Å²) in [5.74, 6) is 0.974. The molecular weight excluding hydrogens is 214 g/mol. The van der Waals surface area contributed by atoms with Gasteiger partial charge in [-0.25, -0.2) is 0 Å². The molecule has 0 spiro atoms. The molecule has 94 valence electrons. The van der Waals surface area contributed by atoms with Crippen molar-refractivity contribution in [1.29, 1.82) is 0 Å². The van der Waals surface area contributed by atoms with E-state index in [1.54, 1.807) is 0 Å². The van der Waals surface area contributed by atoms with E-state index in [1.807, 2.05) is 13.0 Å². The second-order valence-corrected chi connectivity index (χ2v) is 5.05. The summed E-state index contributed by atoms with van der Waals surface area (Å²) in [4.78, 5) is 0. The van der Waals surface area contributed by atoms with Crippen molar-refractivity contribution in [3.63, 3.8) is 0 Å². The van der Waals surface area contributed by atoms with E-state index in [0.717, 1.165) is 17.7 Å². The van der Waals surface area contributed by atoms with E-state index >= 15 is 0 Å². The highest BCUT2D eigenvalue weighted by molar-refractivity contribution is 5.47. The molecule has 0 bridgehead atoms. The lowest BCUT2D eigenvalue weighted by molar-refractivity contribution is 0.0630. The monoisotopic (exact) mass is 235 g/mol. The smallest absolute Gasteiger partial charge is 0.129 e. The Balaban J connectivity index is 2.34. The zero-order chi connectivity index (χ0) is 12.5. The van der Waals surface area contributed by atoms with Crippen LogP contribution in [0.5, 0.6) is 5.75 Å². The first-order chi connectivity index (χ1) is 8.07. The summed E-state index contributed by atoms with van der Waals surface area (Å²) >= 11 is 0. The highest BCUT2D eigenvalue weighted by atomic mass is 16.5. The van der Waals surface area contributed by atoms with Crippen molar-refractivity contribution < 1.29 is 9.47 Å². The maximum Gasteiger partial charge on any atom is 0.129 e. The molecular formula is C14H21NO2. The van der Waals surface area contributed by atoms with Gasteiger partial charge in [0.2, 0.25) is 0 Å². The van der Waals surface area contributed by atoms with Gasteiger partial charge in [0, 0.05) is 25.1 Å². The van der Waals surface area contributed by atoms with Crippen molar-refractivity contribution in [2.75, 3.05) is 13.2 Å². The summed E-state index contributed by atoms with van der Waals surface area (Å²) in [6.07, 6.45) is 0.878. The largest absolute Gasteiger partial charge is 0.487 e. The molecule has 1 aliphatic heterocycles. The van der Waals surface area contributed by atoms with Gasteiger partial charge in [0.1, 0.15) is 11.4 Å². The summed E-state index contributed by atoms with van der Waals surface area (Å²) in [6, 6.07) is 6.22. The van der Waals surface area contributed by atoms with Crippen LogP contribution in [0.25, 0.3) is 0 Å². The Morgan fingerprint density at radius 1 is 1.47 bits per heavy atom. The molecule has 1 aromatic carbocycles. The molecule has 0 fully saturated rings. The van der Waals surface area contributed by atoms with Crippen molar-refractivity contribution in [1.82, 2.24) is 0 Å². The van der Waals surface area contributed by atoms with Crippen molar-refractivity contribution in [3.8, 4) is 5.75 Å². The molecule has 2 rings (SSSR count). The van der Waals surface area contributed by atoms with Gasteiger partial charge in [-0.05, 0) is 26.3 Å². The van der Waals surface area contributed by atoms with Gasteiger partial charge < -0.3 is 15.2 Å². The van der Waals surface area contributed by atoms with E-state index in [-0.39, 0.29) is 11.7 Å². The van der Waals surface area contributed by atoms with E-state index in [0.29, 0.717) is 13.2 Å². The third-order valence-electron chi connectivity index (χ3n) is 3.05. The Morgan fingerprint density at radius 2 is 2.24 bits per heavy atom. The Bertz CT molecular complexity index is 401. The van der Waals surface area contributed by atoms with E-state index < -0.39 is 0 Å². The van der Waals surface area contributed by atoms with Crippen LogP contribution in [-0.4, -0.2) is 18.8 Å². The van der Waals surface area contributed by atoms with Gasteiger partial charge in [0.05, 0.1) is 6.10 Å². The van der Waals surface area contributed by atoms with E-state index in [4.69, 9.17) is 15.2 Å². The number of hydrogen-bond acceptors (Lipinski definition) is 3. The normalized spacial score (nSPS) is 18.6. The number of hydrogen-bond donors (Lipinski definition) is 1. The van der Waals surface area contributed by atoms with Gasteiger partial charge in [0.15, 0.2) is 0 Å². The molecule has 1 aromatic rings. The molecule has 2 N–H and O–H groups in total. The number of benzene rings is 1. The molecule has 0 saturated heterocycles. The van der Waals surface area contributed by atoms with E-state index in [1.165, 1.54) is 5.56 Å². The number of rotatable bonds is 4. The Labute approximate surface area is 103 Å². The summed E-state index contributed by atoms with van der Waals surface area (Å²) in [5, 5.41) is 0. The van der Waals surface area contributed by atoms with Crippen molar-refractivity contribution in [3.05, 3.63) is 29.3 Å². The van der Waals surface area contributed by atoms with Crippen LogP contribution in [0.3, 0.4) is 0 Å². The van der Waals surface area contributed by atoms with E-state index in [9.17, 15) is 0 Å². The first kappa shape index (κ1) is 12.4. The average molecular weight is 235 g/mol. The lowest BCUT2D eigenvalue weighted by Gasteiger charge is -2.21. The van der Waals surface area contributed by atoms with Crippen LogP contribution >= 0.6 is 0 Å². The standard InChI is InChI=1S/C14H21NO2/c1-4-16-12(9-15)11-7-5-6-10-8-14(2,3)17-13(10)11/h5-7,12H,4,8-9,15H2,1-3H3. The van der Waals surface area contributed by atoms with E-state index in [2.05, 4.69) is 26.0 Å². The van der Waals surface area contributed by atoms with Gasteiger partial charge in [-0.1, -0.05) is 18.2 Å². The van der Waals surface area contributed by atoms with Gasteiger partial charge in [0.25, 0.3) is 0 Å². The third-order valence-corrected chi connectivity index (χ3v) is 3.05. The predicted octanol–water partition coefficient (Wildman–Crippen LogP) is 2.44. The molecule has 1 heterocycles. The second kappa shape index (κ2) is 4.67. The van der Waals surface area contributed by atoms with Crippen molar-refractivity contribution in [2.45, 2.75) is 38.9 Å². The molecule has 0 aromatic heterocycles. The van der Waals surface area contributed by atoms with Crippen LogP contribution in [-0.2, 0) is 11.2 Å². The molecule has 0 radical (unpaired) electrons. The summed E-state index contributed by atoms with van der Waals surface area (Å²) < 4.78 is 11.7. The molecule has 0 amide bonds. The highest BCUT2D eigenvalue weighted by Crippen LogP contribution is 2.40. The Morgan fingerprint density at radius 3 is 2.88 bits per heavy atom. The molecule has 1 unspecified atom stereocenters. The van der Waals surface area contributed by atoms with Crippen LogP contribution in [0, 0.1) is 0 Å². The van der Waals surface area contributed by atoms with Crippen molar-refractivity contribution in [2.24, 2.45) is 5.73 Å². The van der Waals surface area contributed by atoms with Gasteiger partial charge in [-0.15, -0.1) is 0 Å². The van der Waals surface area contributed by atoms with Gasteiger partial charge >= 0.3 is 0 Å². The fraction of sp³-hybridized carbons (Fsp3) is 0.571. The average Bonchev–Trinajstić information content (AvgIpc) is 2.59. The first-order valence-corrected chi connectivity index (χ1v) is 6.20. The fourth-order valence-electron chi connectivity index (χ4n) is 2.38. The molecule has 0 saturated carbocycles. The SMILES string of the molecule is CCOC(CN)c1cccc2c1OC(C)(C)C2. The molecule has 3 nitrogen and oxygen atoms in total. The molecule has 1 atom stereocenters. The highest BCUT2D eigenvalue weighted by Gasteiger charge is 2.33. The lowest BCUT2D eigenvalue weighted by atomic mass is 9.99. The van der Waals surface area contributed by atoms with Crippen LogP contribution in [0.4, 0.5) is 0 Å². The summed E-state index contributed by atoms with van der Waals surface area (Å²) in [5.41, 5.74) is 7.99.